The van der Waals surface area contributed by atoms with E-state index in [1.54, 1.807) is 5.56 Å². The second-order valence-electron chi connectivity index (χ2n) is 17.5. The van der Waals surface area contributed by atoms with Gasteiger partial charge in [-0.3, -0.25) is 0 Å². The summed E-state index contributed by atoms with van der Waals surface area (Å²) < 4.78 is 0. The van der Waals surface area contributed by atoms with Crippen LogP contribution in [0.2, 0.25) is 0 Å². The molecule has 1 atom stereocenters. The van der Waals surface area contributed by atoms with Gasteiger partial charge in [-0.25, -0.2) is 0 Å². The molecule has 1 nitrogen and oxygen atoms in total. The van der Waals surface area contributed by atoms with E-state index in [0.717, 1.165) is 17.8 Å². The van der Waals surface area contributed by atoms with Crippen LogP contribution in [0.5, 0.6) is 0 Å². The van der Waals surface area contributed by atoms with Crippen molar-refractivity contribution in [3.63, 3.8) is 0 Å². The van der Waals surface area contributed by atoms with E-state index in [1.165, 1.54) is 131 Å². The average molecular weight is 704 g/mol. The number of rotatable bonds is 7. The molecule has 5 aliphatic carbocycles. The zero-order valence-electron chi connectivity index (χ0n) is 32.1. The summed E-state index contributed by atoms with van der Waals surface area (Å²) in [4.78, 5) is 2.52. The Labute approximate surface area is 323 Å². The highest BCUT2D eigenvalue weighted by molar-refractivity contribution is 5.90. The third-order valence-electron chi connectivity index (χ3n) is 14.1. The Kier molecular flexibility index (Phi) is 8.58. The van der Waals surface area contributed by atoms with Gasteiger partial charge in [0, 0.05) is 22.5 Å². The molecule has 54 heavy (non-hydrogen) atoms. The van der Waals surface area contributed by atoms with Crippen molar-refractivity contribution in [3.05, 3.63) is 162 Å². The Morgan fingerprint density at radius 1 is 0.481 bits per heavy atom. The summed E-state index contributed by atoms with van der Waals surface area (Å²) >= 11 is 0. The van der Waals surface area contributed by atoms with Gasteiger partial charge in [-0.2, -0.15) is 0 Å². The molecule has 0 aliphatic heterocycles. The van der Waals surface area contributed by atoms with E-state index in [0.29, 0.717) is 5.92 Å². The Hall–Kier alpha value is -4.88. The number of fused-ring (bicyclic) bond motifs is 6. The zero-order chi connectivity index (χ0) is 36.2. The van der Waals surface area contributed by atoms with Crippen LogP contribution in [0.25, 0.3) is 33.4 Å². The molecule has 5 aliphatic rings. The first-order valence-electron chi connectivity index (χ1n) is 21.0. The largest absolute Gasteiger partial charge is 0.310 e. The Morgan fingerprint density at radius 3 is 1.76 bits per heavy atom. The van der Waals surface area contributed by atoms with Gasteiger partial charge in [0.1, 0.15) is 0 Å². The maximum absolute atomic E-state index is 2.52. The predicted molar refractivity (Wildman–Crippen MR) is 228 cm³/mol. The first-order chi connectivity index (χ1) is 26.5. The fourth-order valence-electron chi connectivity index (χ4n) is 11.2. The second-order valence-corrected chi connectivity index (χ2v) is 17.5. The van der Waals surface area contributed by atoms with Gasteiger partial charge in [-0.1, -0.05) is 149 Å². The lowest BCUT2D eigenvalue weighted by Crippen LogP contribution is -2.29. The van der Waals surface area contributed by atoms with E-state index in [1.807, 2.05) is 0 Å². The lowest BCUT2D eigenvalue weighted by atomic mass is 9.63. The molecular weight excluding hydrogens is 651 g/mol. The van der Waals surface area contributed by atoms with Gasteiger partial charge < -0.3 is 4.90 Å². The summed E-state index contributed by atoms with van der Waals surface area (Å²) in [6.45, 7) is 4.86. The molecule has 0 amide bonds. The van der Waals surface area contributed by atoms with Crippen molar-refractivity contribution in [3.8, 4) is 33.4 Å². The molecule has 6 aromatic rings. The average Bonchev–Trinajstić information content (AvgIpc) is 3.48. The molecule has 11 rings (SSSR count). The maximum atomic E-state index is 2.52. The number of benzene rings is 6. The Morgan fingerprint density at radius 2 is 1.09 bits per heavy atom. The van der Waals surface area contributed by atoms with Crippen LogP contribution in [0.15, 0.2) is 140 Å². The molecule has 2 bridgehead atoms. The van der Waals surface area contributed by atoms with Crippen molar-refractivity contribution in [1.29, 1.82) is 0 Å². The van der Waals surface area contributed by atoms with E-state index in [4.69, 9.17) is 0 Å². The van der Waals surface area contributed by atoms with Crippen LogP contribution in [0.1, 0.15) is 112 Å². The first kappa shape index (κ1) is 33.7. The third-order valence-corrected chi connectivity index (χ3v) is 14.1. The van der Waals surface area contributed by atoms with Gasteiger partial charge in [-0.05, 0) is 148 Å². The quantitative estimate of drug-likeness (QED) is 0.160. The number of hydrogen-bond acceptors (Lipinski definition) is 1. The van der Waals surface area contributed by atoms with E-state index >= 15 is 0 Å². The molecule has 0 heterocycles. The van der Waals surface area contributed by atoms with Crippen LogP contribution in [0, 0.1) is 11.8 Å². The normalized spacial score (nSPS) is 21.4. The molecular formula is C53H53N. The van der Waals surface area contributed by atoms with Gasteiger partial charge in [0.25, 0.3) is 0 Å². The van der Waals surface area contributed by atoms with E-state index < -0.39 is 0 Å². The van der Waals surface area contributed by atoms with Gasteiger partial charge in [-0.15, -0.1) is 0 Å². The fourth-order valence-corrected chi connectivity index (χ4v) is 11.2. The molecule has 0 aromatic heterocycles. The van der Waals surface area contributed by atoms with Crippen LogP contribution >= 0.6 is 0 Å². The van der Waals surface area contributed by atoms with Gasteiger partial charge in [0.2, 0.25) is 0 Å². The molecule has 0 saturated heterocycles. The van der Waals surface area contributed by atoms with Crippen LogP contribution in [0.4, 0.5) is 17.1 Å². The van der Waals surface area contributed by atoms with E-state index in [9.17, 15) is 0 Å². The van der Waals surface area contributed by atoms with Gasteiger partial charge in [0.15, 0.2) is 0 Å². The number of anilines is 3. The predicted octanol–water partition coefficient (Wildman–Crippen LogP) is 15.1. The molecule has 270 valence electrons. The monoisotopic (exact) mass is 703 g/mol. The highest BCUT2D eigenvalue weighted by Crippen LogP contribution is 2.54. The molecule has 1 unspecified atom stereocenters. The van der Waals surface area contributed by atoms with Crippen LogP contribution in [-0.4, -0.2) is 0 Å². The van der Waals surface area contributed by atoms with E-state index in [-0.39, 0.29) is 5.41 Å². The minimum absolute atomic E-state index is 0.157. The van der Waals surface area contributed by atoms with Crippen molar-refractivity contribution in [1.82, 2.24) is 0 Å². The molecule has 1 heteroatoms. The van der Waals surface area contributed by atoms with Crippen LogP contribution in [0.3, 0.4) is 0 Å². The van der Waals surface area contributed by atoms with Crippen molar-refractivity contribution < 1.29 is 0 Å². The highest BCUT2D eigenvalue weighted by atomic mass is 15.1. The highest BCUT2D eigenvalue weighted by Gasteiger charge is 2.39. The van der Waals surface area contributed by atoms with Crippen molar-refractivity contribution >= 4 is 17.1 Å². The molecule has 4 saturated carbocycles. The Balaban J connectivity index is 1.02. The SMILES string of the molecule is CC1(C)c2cc(N(c3ccc(C4CCCCC4)cc3)c3ccc(C4CC5CCC4CC5)cc3)ccc2-c2cccc(-c3ccc(-c4ccccc4)cc3)c21. The second kappa shape index (κ2) is 13.8. The molecule has 0 radical (unpaired) electrons. The minimum Gasteiger partial charge on any atom is -0.310 e. The van der Waals surface area contributed by atoms with E-state index in [2.05, 4.69) is 158 Å². The molecule has 6 aromatic carbocycles. The topological polar surface area (TPSA) is 3.24 Å². The summed E-state index contributed by atoms with van der Waals surface area (Å²) in [6.07, 6.45) is 13.9. The summed E-state index contributed by atoms with van der Waals surface area (Å²) in [6, 6.07) is 53.4. The number of nitrogens with zero attached hydrogens (tertiary/aromatic N) is 1. The summed E-state index contributed by atoms with van der Waals surface area (Å²) in [5, 5.41) is 0. The lowest BCUT2D eigenvalue weighted by Gasteiger charge is -2.42. The summed E-state index contributed by atoms with van der Waals surface area (Å²) in [5.41, 5.74) is 17.3. The summed E-state index contributed by atoms with van der Waals surface area (Å²) in [5.74, 6) is 3.25. The summed E-state index contributed by atoms with van der Waals surface area (Å²) in [7, 11) is 0. The van der Waals surface area contributed by atoms with Crippen molar-refractivity contribution in [2.24, 2.45) is 11.8 Å². The Bertz CT molecular complexity index is 2250. The first-order valence-corrected chi connectivity index (χ1v) is 21.0. The standard InChI is InChI=1S/C53H53N/c1-53(2)51-35-46(32-33-48(51)49-15-9-14-47(52(49)53)41-22-20-39(21-23-41)37-10-5-3-6-11-37)54(44-28-24-40(25-29-44)38-12-7-4-8-13-38)45-30-26-43(27-31-45)50-34-36-16-18-42(50)19-17-36/h3,5-6,9-11,14-15,20-33,35-36,38,42,50H,4,7-8,12-13,16-19,34H2,1-2H3. The fraction of sp³-hybridized carbons (Fsp3) is 0.321. The van der Waals surface area contributed by atoms with Crippen molar-refractivity contribution in [2.75, 3.05) is 4.90 Å². The minimum atomic E-state index is -0.157. The maximum Gasteiger partial charge on any atom is 0.0465 e. The smallest absolute Gasteiger partial charge is 0.0465 e. The zero-order valence-corrected chi connectivity index (χ0v) is 32.1. The number of hydrogen-bond donors (Lipinski definition) is 0. The molecule has 4 fully saturated rings. The van der Waals surface area contributed by atoms with Crippen LogP contribution in [-0.2, 0) is 5.41 Å². The van der Waals surface area contributed by atoms with Crippen LogP contribution < -0.4 is 4.90 Å². The third kappa shape index (κ3) is 5.92. The molecule has 0 spiro atoms. The lowest BCUT2D eigenvalue weighted by molar-refractivity contribution is 0.145. The van der Waals surface area contributed by atoms with Gasteiger partial charge >= 0.3 is 0 Å². The van der Waals surface area contributed by atoms with Crippen molar-refractivity contribution in [2.45, 2.75) is 95.3 Å². The molecule has 0 N–H and O–H groups in total. The van der Waals surface area contributed by atoms with Gasteiger partial charge in [0.05, 0.1) is 0 Å².